The highest BCUT2D eigenvalue weighted by atomic mass is 35.5. The zero-order valence-corrected chi connectivity index (χ0v) is 16.0. The first kappa shape index (κ1) is 18.1. The molecule has 2 fully saturated rings. The molecule has 0 radical (unpaired) electrons. The molecule has 1 N–H and O–H groups in total. The molecule has 5 nitrogen and oxygen atoms in total. The molecule has 27 heavy (non-hydrogen) atoms. The molecule has 6 heteroatoms. The minimum atomic E-state index is -0.302. The summed E-state index contributed by atoms with van der Waals surface area (Å²) in [6.45, 7) is 4.50. The molecule has 142 valence electrons. The Balaban J connectivity index is 1.32. The molecule has 0 bridgehead atoms. The van der Waals surface area contributed by atoms with Crippen molar-refractivity contribution in [1.82, 2.24) is 0 Å². The van der Waals surface area contributed by atoms with Gasteiger partial charge in [0, 0.05) is 54.9 Å². The van der Waals surface area contributed by atoms with Crippen LogP contribution < -0.4 is 15.1 Å². The molecule has 2 aromatic rings. The number of nitrogens with one attached hydrogen (secondary N) is 1. The third kappa shape index (κ3) is 4.37. The number of piperazine rings is 1. The summed E-state index contributed by atoms with van der Waals surface area (Å²) in [6, 6.07) is 16.1. The van der Waals surface area contributed by atoms with Crippen LogP contribution in [-0.2, 0) is 9.53 Å². The van der Waals surface area contributed by atoms with Crippen molar-refractivity contribution in [3.63, 3.8) is 0 Å². The van der Waals surface area contributed by atoms with E-state index in [0.717, 1.165) is 49.7 Å². The van der Waals surface area contributed by atoms with Crippen LogP contribution in [0.3, 0.4) is 0 Å². The Bertz CT molecular complexity index is 782. The molecule has 1 atom stereocenters. The van der Waals surface area contributed by atoms with Gasteiger partial charge in [-0.2, -0.15) is 0 Å². The number of ether oxygens (including phenoxy) is 1. The Kier molecular flexibility index (Phi) is 5.50. The van der Waals surface area contributed by atoms with Gasteiger partial charge in [0.25, 0.3) is 5.91 Å². The standard InChI is InChI=1S/C21H24ClN3O2/c22-16-3-1-4-19(15-16)25-12-10-24(11-13-25)18-8-6-17(7-9-18)23-21(26)20-5-2-14-27-20/h1,3-4,6-9,15,20H,2,5,10-14H2,(H,23,26). The molecule has 2 heterocycles. The van der Waals surface area contributed by atoms with Crippen molar-refractivity contribution in [1.29, 1.82) is 0 Å². The molecule has 0 spiro atoms. The Morgan fingerprint density at radius 1 is 1.00 bits per heavy atom. The second kappa shape index (κ2) is 8.19. The van der Waals surface area contributed by atoms with Crippen LogP contribution in [0.25, 0.3) is 0 Å². The van der Waals surface area contributed by atoms with Crippen LogP contribution >= 0.6 is 11.6 Å². The first-order valence-electron chi connectivity index (χ1n) is 9.47. The van der Waals surface area contributed by atoms with Crippen LogP contribution in [0.2, 0.25) is 5.02 Å². The Labute approximate surface area is 164 Å². The number of carbonyl (C=O) groups excluding carboxylic acids is 1. The van der Waals surface area contributed by atoms with Gasteiger partial charge in [0.05, 0.1) is 0 Å². The zero-order chi connectivity index (χ0) is 18.6. The van der Waals surface area contributed by atoms with E-state index in [1.807, 2.05) is 30.3 Å². The normalized spacial score (nSPS) is 20.0. The van der Waals surface area contributed by atoms with Crippen LogP contribution in [0.4, 0.5) is 17.1 Å². The van der Waals surface area contributed by atoms with Gasteiger partial charge in [-0.1, -0.05) is 17.7 Å². The van der Waals surface area contributed by atoms with E-state index < -0.39 is 0 Å². The molecule has 2 aromatic carbocycles. The summed E-state index contributed by atoms with van der Waals surface area (Å²) in [6.07, 6.45) is 1.46. The lowest BCUT2D eigenvalue weighted by Crippen LogP contribution is -2.46. The SMILES string of the molecule is O=C(Nc1ccc(N2CCN(c3cccc(Cl)c3)CC2)cc1)C1CCCO1. The summed E-state index contributed by atoms with van der Waals surface area (Å²) in [4.78, 5) is 16.9. The van der Waals surface area contributed by atoms with Crippen LogP contribution in [0.15, 0.2) is 48.5 Å². The lowest BCUT2D eigenvalue weighted by Gasteiger charge is -2.37. The molecule has 2 aliphatic rings. The molecule has 1 amide bonds. The quantitative estimate of drug-likeness (QED) is 0.869. The zero-order valence-electron chi connectivity index (χ0n) is 15.2. The van der Waals surface area contributed by atoms with Crippen molar-refractivity contribution < 1.29 is 9.53 Å². The van der Waals surface area contributed by atoms with Crippen molar-refractivity contribution in [2.75, 3.05) is 47.9 Å². The minimum absolute atomic E-state index is 0.0459. The average Bonchev–Trinajstić information content (AvgIpc) is 3.24. The maximum absolute atomic E-state index is 12.1. The van der Waals surface area contributed by atoms with Crippen molar-refractivity contribution in [3.8, 4) is 0 Å². The van der Waals surface area contributed by atoms with Gasteiger partial charge in [0.1, 0.15) is 6.10 Å². The van der Waals surface area contributed by atoms with E-state index in [1.54, 1.807) is 0 Å². The predicted octanol–water partition coefficient (Wildman–Crippen LogP) is 3.78. The molecule has 2 aliphatic heterocycles. The molecule has 0 saturated carbocycles. The van der Waals surface area contributed by atoms with E-state index in [4.69, 9.17) is 16.3 Å². The maximum Gasteiger partial charge on any atom is 0.253 e. The number of carbonyl (C=O) groups is 1. The summed E-state index contributed by atoms with van der Waals surface area (Å²) in [7, 11) is 0. The Morgan fingerprint density at radius 3 is 2.33 bits per heavy atom. The van der Waals surface area contributed by atoms with Gasteiger partial charge < -0.3 is 19.9 Å². The number of hydrogen-bond donors (Lipinski definition) is 1. The molecular weight excluding hydrogens is 362 g/mol. The average molecular weight is 386 g/mol. The fraction of sp³-hybridized carbons (Fsp3) is 0.381. The second-order valence-electron chi connectivity index (χ2n) is 6.99. The minimum Gasteiger partial charge on any atom is -0.368 e. The lowest BCUT2D eigenvalue weighted by molar-refractivity contribution is -0.124. The van der Waals surface area contributed by atoms with E-state index in [0.29, 0.717) is 6.61 Å². The van der Waals surface area contributed by atoms with Crippen molar-refractivity contribution in [3.05, 3.63) is 53.6 Å². The number of nitrogens with zero attached hydrogens (tertiary/aromatic N) is 2. The van der Waals surface area contributed by atoms with Gasteiger partial charge in [0.2, 0.25) is 0 Å². The summed E-state index contributed by atoms with van der Waals surface area (Å²) < 4.78 is 5.43. The summed E-state index contributed by atoms with van der Waals surface area (Å²) in [5.41, 5.74) is 3.17. The smallest absolute Gasteiger partial charge is 0.253 e. The fourth-order valence-electron chi connectivity index (χ4n) is 3.66. The number of benzene rings is 2. The second-order valence-corrected chi connectivity index (χ2v) is 7.43. The highest BCUT2D eigenvalue weighted by Crippen LogP contribution is 2.24. The molecule has 0 aliphatic carbocycles. The lowest BCUT2D eigenvalue weighted by atomic mass is 10.2. The molecule has 2 saturated heterocycles. The largest absolute Gasteiger partial charge is 0.368 e. The molecular formula is C21H24ClN3O2. The maximum atomic E-state index is 12.1. The monoisotopic (exact) mass is 385 g/mol. The van der Waals surface area contributed by atoms with Gasteiger partial charge in [-0.25, -0.2) is 0 Å². The van der Waals surface area contributed by atoms with Crippen LogP contribution in [0.1, 0.15) is 12.8 Å². The van der Waals surface area contributed by atoms with Gasteiger partial charge >= 0.3 is 0 Å². The van der Waals surface area contributed by atoms with Crippen LogP contribution in [-0.4, -0.2) is 44.8 Å². The van der Waals surface area contributed by atoms with E-state index in [2.05, 4.69) is 33.3 Å². The molecule has 1 unspecified atom stereocenters. The van der Waals surface area contributed by atoms with Crippen molar-refractivity contribution >= 4 is 34.6 Å². The van der Waals surface area contributed by atoms with Crippen molar-refractivity contribution in [2.45, 2.75) is 18.9 Å². The number of hydrogen-bond acceptors (Lipinski definition) is 4. The van der Waals surface area contributed by atoms with E-state index in [1.165, 1.54) is 11.4 Å². The number of rotatable bonds is 4. The van der Waals surface area contributed by atoms with Crippen LogP contribution in [0.5, 0.6) is 0 Å². The first-order valence-corrected chi connectivity index (χ1v) is 9.85. The highest BCUT2D eigenvalue weighted by molar-refractivity contribution is 6.30. The summed E-state index contributed by atoms with van der Waals surface area (Å²) in [5, 5.41) is 3.72. The Morgan fingerprint density at radius 2 is 1.70 bits per heavy atom. The number of halogens is 1. The van der Waals surface area contributed by atoms with E-state index in [9.17, 15) is 4.79 Å². The first-order chi connectivity index (χ1) is 13.2. The number of amides is 1. The summed E-state index contributed by atoms with van der Waals surface area (Å²) in [5.74, 6) is -0.0459. The highest BCUT2D eigenvalue weighted by Gasteiger charge is 2.23. The third-order valence-electron chi connectivity index (χ3n) is 5.18. The van der Waals surface area contributed by atoms with Gasteiger partial charge in [-0.3, -0.25) is 4.79 Å². The molecule has 4 rings (SSSR count). The third-order valence-corrected chi connectivity index (χ3v) is 5.41. The fourth-order valence-corrected chi connectivity index (χ4v) is 3.84. The van der Waals surface area contributed by atoms with E-state index >= 15 is 0 Å². The van der Waals surface area contributed by atoms with Crippen LogP contribution in [0, 0.1) is 0 Å². The predicted molar refractivity (Wildman–Crippen MR) is 110 cm³/mol. The van der Waals surface area contributed by atoms with Gasteiger partial charge in [-0.05, 0) is 55.3 Å². The molecule has 0 aromatic heterocycles. The Hall–Kier alpha value is -2.24. The van der Waals surface area contributed by atoms with Crippen molar-refractivity contribution in [2.24, 2.45) is 0 Å². The van der Waals surface area contributed by atoms with E-state index in [-0.39, 0.29) is 12.0 Å². The van der Waals surface area contributed by atoms with Gasteiger partial charge in [0.15, 0.2) is 0 Å². The number of anilines is 3. The summed E-state index contributed by atoms with van der Waals surface area (Å²) >= 11 is 6.11. The topological polar surface area (TPSA) is 44.8 Å². The van der Waals surface area contributed by atoms with Gasteiger partial charge in [-0.15, -0.1) is 0 Å².